The monoisotopic (exact) mass is 290 g/mol. The van der Waals surface area contributed by atoms with E-state index in [4.69, 9.17) is 9.47 Å². The van der Waals surface area contributed by atoms with Crippen molar-refractivity contribution >= 4 is 0 Å². The van der Waals surface area contributed by atoms with Crippen LogP contribution in [0.1, 0.15) is 44.2 Å². The van der Waals surface area contributed by atoms with E-state index >= 15 is 0 Å². The molecule has 1 heterocycles. The van der Waals surface area contributed by atoms with Gasteiger partial charge < -0.3 is 19.1 Å². The molecule has 5 nitrogen and oxygen atoms in total. The van der Waals surface area contributed by atoms with E-state index in [0.29, 0.717) is 24.1 Å². The molecule has 0 saturated carbocycles. The summed E-state index contributed by atoms with van der Waals surface area (Å²) >= 11 is 0. The smallest absolute Gasteiger partial charge is 0.161 e. The lowest BCUT2D eigenvalue weighted by molar-refractivity contribution is 0.198. The van der Waals surface area contributed by atoms with Crippen molar-refractivity contribution in [2.75, 3.05) is 7.11 Å². The number of aliphatic hydroxyl groups excluding tert-OH is 1. The highest BCUT2D eigenvalue weighted by molar-refractivity contribution is 5.43. The van der Waals surface area contributed by atoms with Gasteiger partial charge in [0.1, 0.15) is 6.61 Å². The van der Waals surface area contributed by atoms with Gasteiger partial charge in [0.2, 0.25) is 0 Å². The van der Waals surface area contributed by atoms with Crippen LogP contribution in [0.3, 0.4) is 0 Å². The van der Waals surface area contributed by atoms with E-state index in [1.807, 2.05) is 12.1 Å². The minimum Gasteiger partial charge on any atom is -0.493 e. The van der Waals surface area contributed by atoms with Crippen molar-refractivity contribution in [3.05, 3.63) is 42.0 Å². The van der Waals surface area contributed by atoms with Gasteiger partial charge in [-0.2, -0.15) is 0 Å². The third kappa shape index (κ3) is 3.55. The Labute approximate surface area is 125 Å². The van der Waals surface area contributed by atoms with Gasteiger partial charge in [0.25, 0.3) is 0 Å². The van der Waals surface area contributed by atoms with Gasteiger partial charge in [0.05, 0.1) is 31.4 Å². The third-order valence-electron chi connectivity index (χ3n) is 3.35. The number of rotatable bonds is 6. The van der Waals surface area contributed by atoms with Crippen molar-refractivity contribution in [2.45, 2.75) is 39.5 Å². The van der Waals surface area contributed by atoms with Gasteiger partial charge in [-0.05, 0) is 38.5 Å². The van der Waals surface area contributed by atoms with Crippen molar-refractivity contribution < 1.29 is 14.6 Å². The van der Waals surface area contributed by atoms with Crippen molar-refractivity contribution in [3.8, 4) is 11.5 Å². The van der Waals surface area contributed by atoms with Crippen molar-refractivity contribution in [1.82, 2.24) is 9.55 Å². The van der Waals surface area contributed by atoms with Crippen LogP contribution < -0.4 is 9.47 Å². The molecule has 1 aromatic carbocycles. The summed E-state index contributed by atoms with van der Waals surface area (Å²) in [5, 5.41) is 9.60. The molecule has 21 heavy (non-hydrogen) atoms. The second-order valence-corrected chi connectivity index (χ2v) is 5.26. The Hall–Kier alpha value is -2.01. The molecule has 0 aliphatic rings. The fourth-order valence-electron chi connectivity index (χ4n) is 2.12. The molecule has 1 aromatic heterocycles. The third-order valence-corrected chi connectivity index (χ3v) is 3.35. The van der Waals surface area contributed by atoms with E-state index in [-0.39, 0.29) is 0 Å². The molecular formula is C16H22N2O3. The molecule has 2 rings (SSSR count). The van der Waals surface area contributed by atoms with Gasteiger partial charge in [-0.25, -0.2) is 4.98 Å². The van der Waals surface area contributed by atoms with E-state index in [1.165, 1.54) is 0 Å². The number of nitrogens with zero attached hydrogens (tertiary/aromatic N) is 2. The molecule has 2 aromatic rings. The van der Waals surface area contributed by atoms with Gasteiger partial charge >= 0.3 is 0 Å². The first kappa shape index (κ1) is 15.4. The number of methoxy groups -OCH3 is 1. The second-order valence-electron chi connectivity index (χ2n) is 5.26. The average Bonchev–Trinajstić information content (AvgIpc) is 2.93. The maximum Gasteiger partial charge on any atom is 0.161 e. The lowest BCUT2D eigenvalue weighted by Crippen LogP contribution is -2.07. The molecule has 0 amide bonds. The van der Waals surface area contributed by atoms with Crippen molar-refractivity contribution in [2.24, 2.45) is 0 Å². The minimum absolute atomic E-state index is 0.339. The number of imidazole rings is 1. The maximum atomic E-state index is 9.60. The first-order valence-corrected chi connectivity index (χ1v) is 7.02. The molecule has 0 bridgehead atoms. The zero-order valence-electron chi connectivity index (χ0n) is 12.9. The molecular weight excluding hydrogens is 268 g/mol. The molecule has 0 saturated heterocycles. The molecule has 0 fully saturated rings. The fraction of sp³-hybridized carbons (Fsp3) is 0.438. The topological polar surface area (TPSA) is 56.5 Å². The molecule has 0 spiro atoms. The van der Waals surface area contributed by atoms with E-state index in [2.05, 4.69) is 23.4 Å². The van der Waals surface area contributed by atoms with Crippen LogP contribution >= 0.6 is 0 Å². The Morgan fingerprint density at radius 3 is 2.62 bits per heavy atom. The SMILES string of the molecule is COc1cc(C(C)O)ccc1OCc1cncn1C(C)C. The van der Waals surface area contributed by atoms with Crippen LogP contribution in [0.4, 0.5) is 0 Å². The number of benzene rings is 1. The summed E-state index contributed by atoms with van der Waals surface area (Å²) in [6.07, 6.45) is 3.07. The van der Waals surface area contributed by atoms with Gasteiger partial charge in [-0.15, -0.1) is 0 Å². The number of aliphatic hydroxyl groups is 1. The van der Waals surface area contributed by atoms with E-state index in [1.54, 1.807) is 32.6 Å². The molecule has 5 heteroatoms. The number of hydrogen-bond donors (Lipinski definition) is 1. The molecule has 114 valence electrons. The van der Waals surface area contributed by atoms with Crippen LogP contribution in [0.25, 0.3) is 0 Å². The molecule has 1 unspecified atom stereocenters. The highest BCUT2D eigenvalue weighted by Gasteiger charge is 2.11. The fourth-order valence-corrected chi connectivity index (χ4v) is 2.12. The first-order valence-electron chi connectivity index (χ1n) is 7.02. The van der Waals surface area contributed by atoms with Gasteiger partial charge in [0, 0.05) is 6.04 Å². The van der Waals surface area contributed by atoms with Gasteiger partial charge in [-0.3, -0.25) is 0 Å². The van der Waals surface area contributed by atoms with Crippen molar-refractivity contribution in [1.29, 1.82) is 0 Å². The Kier molecular flexibility index (Phi) is 4.85. The van der Waals surface area contributed by atoms with Gasteiger partial charge in [0.15, 0.2) is 11.5 Å². The predicted molar refractivity (Wildman–Crippen MR) is 80.6 cm³/mol. The van der Waals surface area contributed by atoms with Crippen LogP contribution in [0.2, 0.25) is 0 Å². The molecule has 1 atom stereocenters. The summed E-state index contributed by atoms with van der Waals surface area (Å²) in [5.41, 5.74) is 1.80. The zero-order chi connectivity index (χ0) is 15.4. The molecule has 1 N–H and O–H groups in total. The summed E-state index contributed by atoms with van der Waals surface area (Å²) in [6.45, 7) is 6.34. The Morgan fingerprint density at radius 1 is 1.24 bits per heavy atom. The minimum atomic E-state index is -0.532. The van der Waals surface area contributed by atoms with E-state index < -0.39 is 6.10 Å². The summed E-state index contributed by atoms with van der Waals surface area (Å²) in [6, 6.07) is 5.78. The van der Waals surface area contributed by atoms with Gasteiger partial charge in [-0.1, -0.05) is 6.07 Å². The molecule has 0 aliphatic heterocycles. The average molecular weight is 290 g/mol. The summed E-state index contributed by atoms with van der Waals surface area (Å²) in [4.78, 5) is 4.15. The predicted octanol–water partition coefficient (Wildman–Crippen LogP) is 3.10. The van der Waals surface area contributed by atoms with Crippen LogP contribution in [0, 0.1) is 0 Å². The normalized spacial score (nSPS) is 12.5. The lowest BCUT2D eigenvalue weighted by atomic mass is 10.1. The highest BCUT2D eigenvalue weighted by atomic mass is 16.5. The quantitative estimate of drug-likeness (QED) is 0.888. The van der Waals surface area contributed by atoms with E-state index in [9.17, 15) is 5.11 Å². The second kappa shape index (κ2) is 6.63. The summed E-state index contributed by atoms with van der Waals surface area (Å²) in [5.74, 6) is 1.27. The summed E-state index contributed by atoms with van der Waals surface area (Å²) < 4.78 is 13.2. The highest BCUT2D eigenvalue weighted by Crippen LogP contribution is 2.31. The lowest BCUT2D eigenvalue weighted by Gasteiger charge is -2.15. The molecule has 0 aliphatic carbocycles. The Balaban J connectivity index is 2.14. The number of ether oxygens (including phenoxy) is 2. The first-order chi connectivity index (χ1) is 10.0. The van der Waals surface area contributed by atoms with Crippen LogP contribution in [0.5, 0.6) is 11.5 Å². The maximum absolute atomic E-state index is 9.60. The van der Waals surface area contributed by atoms with Crippen LogP contribution in [-0.4, -0.2) is 21.8 Å². The Morgan fingerprint density at radius 2 is 2.00 bits per heavy atom. The van der Waals surface area contributed by atoms with Crippen LogP contribution in [0.15, 0.2) is 30.7 Å². The number of aromatic nitrogens is 2. The van der Waals surface area contributed by atoms with E-state index in [0.717, 1.165) is 11.3 Å². The molecule has 0 radical (unpaired) electrons. The van der Waals surface area contributed by atoms with Crippen molar-refractivity contribution in [3.63, 3.8) is 0 Å². The number of hydrogen-bond acceptors (Lipinski definition) is 4. The standard InChI is InChI=1S/C16H22N2O3/c1-11(2)18-10-17-8-14(18)9-21-15-6-5-13(12(3)19)7-16(15)20-4/h5-8,10-12,19H,9H2,1-4H3. The Bertz CT molecular complexity index is 591. The zero-order valence-corrected chi connectivity index (χ0v) is 12.9. The van der Waals surface area contributed by atoms with Crippen LogP contribution in [-0.2, 0) is 6.61 Å². The largest absolute Gasteiger partial charge is 0.493 e. The summed E-state index contributed by atoms with van der Waals surface area (Å²) in [7, 11) is 1.59.